The summed E-state index contributed by atoms with van der Waals surface area (Å²) in [6, 6.07) is 6.51. The van der Waals surface area contributed by atoms with Crippen molar-refractivity contribution in [2.45, 2.75) is 42.9 Å². The van der Waals surface area contributed by atoms with Crippen molar-refractivity contribution in [3.8, 4) is 11.5 Å². The molecule has 29 heavy (non-hydrogen) atoms. The van der Waals surface area contributed by atoms with Crippen molar-refractivity contribution in [3.05, 3.63) is 28.0 Å². The van der Waals surface area contributed by atoms with Crippen LogP contribution in [-0.2, 0) is 6.54 Å². The van der Waals surface area contributed by atoms with Gasteiger partial charge in [0, 0.05) is 27.2 Å². The van der Waals surface area contributed by atoms with Crippen molar-refractivity contribution < 1.29 is 9.47 Å². The number of nitrogens with one attached hydrogen (secondary N) is 1. The van der Waals surface area contributed by atoms with E-state index in [1.54, 1.807) is 18.0 Å². The Bertz CT molecular complexity index is 1020. The quantitative estimate of drug-likeness (QED) is 0.357. The van der Waals surface area contributed by atoms with E-state index in [1.807, 2.05) is 18.2 Å². The van der Waals surface area contributed by atoms with Gasteiger partial charge in [-0.1, -0.05) is 25.6 Å². The molecule has 9 heteroatoms. The van der Waals surface area contributed by atoms with E-state index >= 15 is 0 Å². The lowest BCUT2D eigenvalue weighted by molar-refractivity contribution is 0.171. The predicted molar refractivity (Wildman–Crippen MR) is 124 cm³/mol. The second-order valence-corrected chi connectivity index (χ2v) is 9.27. The van der Waals surface area contributed by atoms with Gasteiger partial charge in [-0.15, -0.1) is 0 Å². The Labute approximate surface area is 187 Å². The summed E-state index contributed by atoms with van der Waals surface area (Å²) in [6.07, 6.45) is 2.74. The Morgan fingerprint density at radius 1 is 1.28 bits per heavy atom. The van der Waals surface area contributed by atoms with Crippen LogP contribution in [0.2, 0.25) is 0 Å². The molecule has 0 saturated carbocycles. The van der Waals surface area contributed by atoms with Crippen LogP contribution in [0.15, 0.2) is 34.4 Å². The Hall–Kier alpha value is -1.72. The number of hydrogen-bond donors (Lipinski definition) is 2. The topological polar surface area (TPSA) is 87.2 Å². The first-order valence-electron chi connectivity index (χ1n) is 9.64. The third kappa shape index (κ3) is 4.56. The molecule has 7 nitrogen and oxygen atoms in total. The maximum Gasteiger partial charge on any atom is 0.174 e. The van der Waals surface area contributed by atoms with Gasteiger partial charge in [-0.25, -0.2) is 9.97 Å². The number of nitrogens with two attached hydrogens (primary N) is 1. The van der Waals surface area contributed by atoms with Crippen LogP contribution in [0.4, 0.5) is 5.82 Å². The lowest BCUT2D eigenvalue weighted by atomic mass is 10.3. The SMILES string of the molecule is CC(C)NCCCn1c(Sc2cc3c(cc2I)OCCO3)nc2c(N)nccc21. The summed E-state index contributed by atoms with van der Waals surface area (Å²) in [5, 5.41) is 4.37. The van der Waals surface area contributed by atoms with Gasteiger partial charge in [-0.05, 0) is 53.8 Å². The number of nitrogens with zero attached hydrogens (tertiary/aromatic N) is 3. The minimum absolute atomic E-state index is 0.459. The van der Waals surface area contributed by atoms with Crippen LogP contribution in [0.25, 0.3) is 11.0 Å². The normalized spacial score (nSPS) is 13.4. The van der Waals surface area contributed by atoms with E-state index in [0.717, 1.165) is 55.7 Å². The van der Waals surface area contributed by atoms with Crippen LogP contribution in [0.1, 0.15) is 20.3 Å². The molecule has 3 heterocycles. The van der Waals surface area contributed by atoms with Gasteiger partial charge in [0.2, 0.25) is 0 Å². The summed E-state index contributed by atoms with van der Waals surface area (Å²) in [5.41, 5.74) is 7.86. The number of benzene rings is 1. The van der Waals surface area contributed by atoms with Gasteiger partial charge in [0.1, 0.15) is 18.7 Å². The van der Waals surface area contributed by atoms with Gasteiger partial charge in [0.15, 0.2) is 22.5 Å². The molecule has 0 bridgehead atoms. The van der Waals surface area contributed by atoms with Gasteiger partial charge in [0.25, 0.3) is 0 Å². The number of halogens is 1. The Morgan fingerprint density at radius 3 is 2.79 bits per heavy atom. The molecule has 0 fully saturated rings. The van der Waals surface area contributed by atoms with Gasteiger partial charge >= 0.3 is 0 Å². The monoisotopic (exact) mass is 525 g/mol. The Kier molecular flexibility index (Phi) is 6.35. The van der Waals surface area contributed by atoms with Gasteiger partial charge < -0.3 is 25.1 Å². The summed E-state index contributed by atoms with van der Waals surface area (Å²) in [5.74, 6) is 2.04. The number of imidazole rings is 1. The second kappa shape index (κ2) is 8.97. The molecule has 3 N–H and O–H groups in total. The van der Waals surface area contributed by atoms with E-state index in [-0.39, 0.29) is 0 Å². The number of fused-ring (bicyclic) bond motifs is 2. The largest absolute Gasteiger partial charge is 0.486 e. The summed E-state index contributed by atoms with van der Waals surface area (Å²) >= 11 is 3.95. The van der Waals surface area contributed by atoms with E-state index in [1.165, 1.54) is 0 Å². The number of hydrogen-bond acceptors (Lipinski definition) is 7. The van der Waals surface area contributed by atoms with Crippen LogP contribution < -0.4 is 20.5 Å². The van der Waals surface area contributed by atoms with E-state index < -0.39 is 0 Å². The molecule has 154 valence electrons. The highest BCUT2D eigenvalue weighted by Crippen LogP contribution is 2.41. The number of aromatic nitrogens is 3. The third-order valence-electron chi connectivity index (χ3n) is 4.57. The van der Waals surface area contributed by atoms with Gasteiger partial charge in [0.05, 0.1) is 5.52 Å². The first-order valence-corrected chi connectivity index (χ1v) is 11.5. The fourth-order valence-corrected chi connectivity index (χ4v) is 4.92. The van der Waals surface area contributed by atoms with Gasteiger partial charge in [-0.2, -0.15) is 0 Å². The minimum Gasteiger partial charge on any atom is -0.486 e. The molecule has 1 aliphatic rings. The second-order valence-electron chi connectivity index (χ2n) is 7.10. The van der Waals surface area contributed by atoms with E-state index in [4.69, 9.17) is 20.2 Å². The highest BCUT2D eigenvalue weighted by Gasteiger charge is 2.19. The van der Waals surface area contributed by atoms with Crippen molar-refractivity contribution >= 4 is 51.2 Å². The fraction of sp³-hybridized carbons (Fsp3) is 0.400. The van der Waals surface area contributed by atoms with Crippen molar-refractivity contribution in [2.75, 3.05) is 25.5 Å². The number of nitrogen functional groups attached to an aromatic ring is 1. The lowest BCUT2D eigenvalue weighted by Crippen LogP contribution is -2.24. The molecule has 1 aromatic carbocycles. The summed E-state index contributed by atoms with van der Waals surface area (Å²) in [6.45, 7) is 7.27. The van der Waals surface area contributed by atoms with Gasteiger partial charge in [-0.3, -0.25) is 0 Å². The molecule has 0 spiro atoms. The van der Waals surface area contributed by atoms with E-state index in [9.17, 15) is 0 Å². The maximum absolute atomic E-state index is 6.10. The molecule has 0 radical (unpaired) electrons. The van der Waals surface area contributed by atoms with Crippen LogP contribution in [-0.4, -0.2) is 40.3 Å². The zero-order valence-corrected chi connectivity index (χ0v) is 19.4. The van der Waals surface area contributed by atoms with Crippen LogP contribution in [0, 0.1) is 3.57 Å². The molecular weight excluding hydrogens is 501 g/mol. The molecule has 0 atom stereocenters. The van der Waals surface area contributed by atoms with E-state index in [2.05, 4.69) is 51.3 Å². The van der Waals surface area contributed by atoms with Crippen LogP contribution in [0.5, 0.6) is 11.5 Å². The summed E-state index contributed by atoms with van der Waals surface area (Å²) in [7, 11) is 0. The highest BCUT2D eigenvalue weighted by molar-refractivity contribution is 14.1. The van der Waals surface area contributed by atoms with Crippen molar-refractivity contribution in [1.82, 2.24) is 19.9 Å². The van der Waals surface area contributed by atoms with Crippen molar-refractivity contribution in [1.29, 1.82) is 0 Å². The maximum atomic E-state index is 6.10. The van der Waals surface area contributed by atoms with Crippen molar-refractivity contribution in [3.63, 3.8) is 0 Å². The van der Waals surface area contributed by atoms with Crippen LogP contribution >= 0.6 is 34.4 Å². The Morgan fingerprint density at radius 2 is 2.03 bits per heavy atom. The average molecular weight is 525 g/mol. The summed E-state index contributed by atoms with van der Waals surface area (Å²) in [4.78, 5) is 10.1. The molecule has 0 amide bonds. The number of ether oxygens (including phenoxy) is 2. The number of rotatable bonds is 7. The van der Waals surface area contributed by atoms with E-state index in [0.29, 0.717) is 25.1 Å². The number of pyridine rings is 1. The van der Waals surface area contributed by atoms with Crippen LogP contribution in [0.3, 0.4) is 0 Å². The first kappa shape index (κ1) is 20.5. The molecule has 0 unspecified atom stereocenters. The third-order valence-corrected chi connectivity index (χ3v) is 6.88. The molecule has 3 aromatic rings. The summed E-state index contributed by atoms with van der Waals surface area (Å²) < 4.78 is 14.8. The molecular formula is C20H24IN5O2S. The predicted octanol–water partition coefficient (Wildman–Crippen LogP) is 3.93. The standard InChI is InChI=1S/C20H24IN5O2S/c1-12(2)23-5-3-7-26-14-4-6-24-19(22)18(14)25-20(26)29-17-11-16-15(10-13(17)21)27-8-9-28-16/h4,6,10-12,23H,3,5,7-9H2,1-2H3,(H2,22,24). The molecule has 4 rings (SSSR count). The zero-order chi connectivity index (χ0) is 20.4. The fourth-order valence-electron chi connectivity index (χ4n) is 3.19. The minimum atomic E-state index is 0.459. The molecule has 2 aromatic heterocycles. The molecule has 0 saturated heterocycles. The van der Waals surface area contributed by atoms with Crippen molar-refractivity contribution in [2.24, 2.45) is 0 Å². The number of anilines is 1. The lowest BCUT2D eigenvalue weighted by Gasteiger charge is -2.19. The highest BCUT2D eigenvalue weighted by atomic mass is 127. The average Bonchev–Trinajstić information content (AvgIpc) is 3.04. The molecule has 0 aliphatic carbocycles. The zero-order valence-electron chi connectivity index (χ0n) is 16.4. The smallest absolute Gasteiger partial charge is 0.174 e. The molecule has 1 aliphatic heterocycles. The number of aryl methyl sites for hydroxylation is 1. The first-order chi connectivity index (χ1) is 14.0. The Balaban J connectivity index is 1.66.